The van der Waals surface area contributed by atoms with Crippen LogP contribution in [0.15, 0.2) is 0 Å². The van der Waals surface area contributed by atoms with Gasteiger partial charge < -0.3 is 41.7 Å². The lowest BCUT2D eigenvalue weighted by Gasteiger charge is -2.08. The van der Waals surface area contributed by atoms with Crippen LogP contribution in [0.4, 0.5) is 0 Å². The molecule has 0 spiro atoms. The molecular formula is C20H40N4O12S6. The lowest BCUT2D eigenvalue weighted by Crippen LogP contribution is -2.40. The van der Waals surface area contributed by atoms with Crippen LogP contribution < -0.4 is 21.3 Å². The highest BCUT2D eigenvalue weighted by molar-refractivity contribution is 7.80. The molecule has 0 radical (unpaired) electrons. The highest BCUT2D eigenvalue weighted by Crippen LogP contribution is 1.89. The fourth-order valence-electron chi connectivity index (χ4n) is 1.72. The van der Waals surface area contributed by atoms with Crippen molar-refractivity contribution in [1.29, 1.82) is 0 Å². The third-order valence-electron chi connectivity index (χ3n) is 3.43. The van der Waals surface area contributed by atoms with Gasteiger partial charge >= 0.3 is 23.9 Å². The molecule has 0 fully saturated rings. The summed E-state index contributed by atoms with van der Waals surface area (Å²) in [7, 11) is 0. The van der Waals surface area contributed by atoms with Crippen molar-refractivity contribution in [3.8, 4) is 0 Å². The number of thiol groups is 4. The Morgan fingerprint density at radius 3 is 0.571 bits per heavy atom. The predicted molar refractivity (Wildman–Crippen MR) is 177 cm³/mol. The maximum Gasteiger partial charge on any atom is 0.327 e. The third kappa shape index (κ3) is 35.9. The molecule has 0 aromatic heterocycles. The summed E-state index contributed by atoms with van der Waals surface area (Å²) in [6.45, 7) is 5.05. The van der Waals surface area contributed by atoms with Crippen LogP contribution in [0.25, 0.3) is 0 Å². The lowest BCUT2D eigenvalue weighted by molar-refractivity contribution is -0.141. The summed E-state index contributed by atoms with van der Waals surface area (Å²) in [6, 6.07) is -3.50. The van der Waals surface area contributed by atoms with Gasteiger partial charge in [-0.1, -0.05) is 0 Å². The normalized spacial score (nSPS) is 11.6. The van der Waals surface area contributed by atoms with Crippen LogP contribution >= 0.6 is 77.5 Å². The average Bonchev–Trinajstić information content (AvgIpc) is 2.82. The molecule has 0 saturated heterocycles. The number of aliphatic carboxylic acids is 4. The molecule has 22 heteroatoms. The first-order valence-corrected chi connectivity index (χ1v) is 13.3. The van der Waals surface area contributed by atoms with Crippen molar-refractivity contribution < 1.29 is 58.8 Å². The van der Waals surface area contributed by atoms with Crippen molar-refractivity contribution in [2.45, 2.75) is 51.9 Å². The minimum Gasteiger partial charge on any atom is -0.480 e. The van der Waals surface area contributed by atoms with E-state index in [9.17, 15) is 38.4 Å². The second-order valence-corrected chi connectivity index (χ2v) is 8.56. The molecule has 16 nitrogen and oxygen atoms in total. The molecule has 0 aliphatic heterocycles. The quantitative estimate of drug-likeness (QED) is 0.100. The Hall–Kier alpha value is -2.14. The number of amides is 4. The summed E-state index contributed by atoms with van der Waals surface area (Å²) in [4.78, 5) is 82.0. The van der Waals surface area contributed by atoms with Gasteiger partial charge in [0.25, 0.3) is 0 Å². The number of carbonyl (C=O) groups is 8. The van der Waals surface area contributed by atoms with Gasteiger partial charge in [-0.25, -0.2) is 19.2 Å². The Bertz CT molecular complexity index is 733. The SMILES string of the molecule is CC(=O)NC(CS)C(=O)O.CC(=O)NC(CS)C(=O)O.CC(=O)NC(CS)C(=O)O.CC(=O)NC(CS)C(=O)O.S.S. The van der Waals surface area contributed by atoms with E-state index in [2.05, 4.69) is 71.8 Å². The van der Waals surface area contributed by atoms with E-state index in [4.69, 9.17) is 20.4 Å². The minimum absolute atomic E-state index is 0. The summed E-state index contributed by atoms with van der Waals surface area (Å²) in [5.74, 6) is -5.27. The van der Waals surface area contributed by atoms with Crippen molar-refractivity contribution in [3.63, 3.8) is 0 Å². The summed E-state index contributed by atoms with van der Waals surface area (Å²) in [6.07, 6.45) is 0. The van der Waals surface area contributed by atoms with Crippen molar-refractivity contribution >= 4 is 125 Å². The van der Waals surface area contributed by atoms with Gasteiger partial charge in [0.05, 0.1) is 0 Å². The molecule has 0 bridgehead atoms. The van der Waals surface area contributed by atoms with Gasteiger partial charge in [-0.15, -0.1) is 0 Å². The van der Waals surface area contributed by atoms with Crippen LogP contribution in [-0.4, -0.2) is 115 Å². The van der Waals surface area contributed by atoms with Crippen LogP contribution in [-0.2, 0) is 38.4 Å². The van der Waals surface area contributed by atoms with Crippen LogP contribution in [0.2, 0.25) is 0 Å². The first-order chi connectivity index (χ1) is 18.3. The molecule has 0 rings (SSSR count). The summed E-state index contributed by atoms with van der Waals surface area (Å²) >= 11 is 14.9. The second-order valence-electron chi connectivity index (χ2n) is 7.10. The van der Waals surface area contributed by atoms with Crippen molar-refractivity contribution in [2.75, 3.05) is 23.0 Å². The number of carboxylic acids is 4. The first-order valence-electron chi connectivity index (χ1n) is 10.7. The number of carbonyl (C=O) groups excluding carboxylic acids is 4. The zero-order chi connectivity index (χ0) is 32.6. The highest BCUT2D eigenvalue weighted by Gasteiger charge is 2.17. The molecule has 248 valence electrons. The maximum absolute atomic E-state index is 10.3. The molecule has 0 aromatic carbocycles. The van der Waals surface area contributed by atoms with Crippen molar-refractivity contribution in [3.05, 3.63) is 0 Å². The Kier molecular flexibility index (Phi) is 39.7. The van der Waals surface area contributed by atoms with E-state index in [-0.39, 0.29) is 73.6 Å². The van der Waals surface area contributed by atoms with E-state index in [1.54, 1.807) is 0 Å². The molecule has 42 heavy (non-hydrogen) atoms. The van der Waals surface area contributed by atoms with Gasteiger partial charge in [0.2, 0.25) is 23.6 Å². The van der Waals surface area contributed by atoms with Gasteiger partial charge in [-0.3, -0.25) is 19.2 Å². The Morgan fingerprint density at radius 2 is 0.548 bits per heavy atom. The Morgan fingerprint density at radius 1 is 0.429 bits per heavy atom. The van der Waals surface area contributed by atoms with Gasteiger partial charge in [0.1, 0.15) is 24.2 Å². The van der Waals surface area contributed by atoms with E-state index in [0.717, 1.165) is 0 Å². The second kappa shape index (κ2) is 31.8. The van der Waals surface area contributed by atoms with E-state index in [0.29, 0.717) is 0 Å². The van der Waals surface area contributed by atoms with E-state index in [1.165, 1.54) is 27.7 Å². The monoisotopic (exact) mass is 720 g/mol. The summed E-state index contributed by atoms with van der Waals surface area (Å²) < 4.78 is 0. The standard InChI is InChI=1S/4C5H9NO3S.2H2S/c4*1-3(7)6-4(2-10)5(8)9;;/h4*4,10H,2H2,1H3,(H,6,7)(H,8,9);2*1H2. The van der Waals surface area contributed by atoms with Crippen molar-refractivity contribution in [1.82, 2.24) is 21.3 Å². The van der Waals surface area contributed by atoms with E-state index < -0.39 is 48.0 Å². The van der Waals surface area contributed by atoms with Crippen LogP contribution in [0, 0.1) is 0 Å². The zero-order valence-electron chi connectivity index (χ0n) is 23.0. The molecule has 0 saturated carbocycles. The fourth-order valence-corrected chi connectivity index (χ4v) is 2.71. The number of nitrogens with one attached hydrogen (secondary N) is 4. The predicted octanol–water partition coefficient (Wildman–Crippen LogP) is -1.75. The average molecular weight is 721 g/mol. The molecule has 0 aliphatic rings. The maximum atomic E-state index is 10.3. The van der Waals surface area contributed by atoms with Crippen LogP contribution in [0.1, 0.15) is 27.7 Å². The molecule has 0 heterocycles. The molecule has 0 aromatic rings. The number of hydrogen-bond acceptors (Lipinski definition) is 12. The Balaban J connectivity index is -0.000000101. The van der Waals surface area contributed by atoms with E-state index >= 15 is 0 Å². The highest BCUT2D eigenvalue weighted by atomic mass is 32.1. The third-order valence-corrected chi connectivity index (χ3v) is 4.89. The number of hydrogen-bond donors (Lipinski definition) is 12. The summed E-state index contributed by atoms with van der Waals surface area (Å²) in [5, 5.41) is 42.3. The van der Waals surface area contributed by atoms with E-state index in [1.807, 2.05) is 0 Å². The largest absolute Gasteiger partial charge is 0.480 e. The number of rotatable bonds is 12. The molecule has 4 atom stereocenters. The minimum atomic E-state index is -1.06. The Labute approximate surface area is 278 Å². The molecular weight excluding hydrogens is 681 g/mol. The van der Waals surface area contributed by atoms with Gasteiger partial charge in [-0.05, 0) is 0 Å². The fraction of sp³-hybridized carbons (Fsp3) is 0.600. The summed E-state index contributed by atoms with van der Waals surface area (Å²) in [5.41, 5.74) is 0. The molecule has 4 amide bonds. The molecule has 8 N–H and O–H groups in total. The van der Waals surface area contributed by atoms with Crippen LogP contribution in [0.5, 0.6) is 0 Å². The topological polar surface area (TPSA) is 266 Å². The lowest BCUT2D eigenvalue weighted by atomic mass is 10.3. The molecule has 0 aliphatic carbocycles. The zero-order valence-corrected chi connectivity index (χ0v) is 28.6. The van der Waals surface area contributed by atoms with Gasteiger partial charge in [-0.2, -0.15) is 77.5 Å². The van der Waals surface area contributed by atoms with Gasteiger partial charge in [0.15, 0.2) is 0 Å². The number of carboxylic acid groups (broad SMARTS) is 4. The molecule has 4 unspecified atom stereocenters. The smallest absolute Gasteiger partial charge is 0.327 e. The van der Waals surface area contributed by atoms with Crippen LogP contribution in [0.3, 0.4) is 0 Å². The van der Waals surface area contributed by atoms with Gasteiger partial charge in [0, 0.05) is 50.7 Å². The first kappa shape index (κ1) is 52.5. The van der Waals surface area contributed by atoms with Crippen molar-refractivity contribution in [2.24, 2.45) is 0 Å².